The molecular formula is C14H14INO2. The van der Waals surface area contributed by atoms with E-state index in [0.29, 0.717) is 12.2 Å². The standard InChI is InChI=1S/C14H13NO2.HI/c1-11-9-13(7-8-15-11)14(16)17-10-12-5-3-2-4-6-12;/h2-9H,10H2,1H3;1H. The molecule has 0 unspecified atom stereocenters. The summed E-state index contributed by atoms with van der Waals surface area (Å²) in [5.41, 5.74) is 2.48. The van der Waals surface area contributed by atoms with Gasteiger partial charge in [-0.1, -0.05) is 30.3 Å². The fourth-order valence-electron chi connectivity index (χ4n) is 1.52. The van der Waals surface area contributed by atoms with Gasteiger partial charge in [-0.15, -0.1) is 0 Å². The van der Waals surface area contributed by atoms with E-state index in [-0.39, 0.29) is 29.9 Å². The first-order chi connectivity index (χ1) is 8.25. The van der Waals surface area contributed by atoms with Crippen molar-refractivity contribution in [3.8, 4) is 0 Å². The lowest BCUT2D eigenvalue weighted by atomic mass is 10.2. The fourth-order valence-corrected chi connectivity index (χ4v) is 1.52. The summed E-state index contributed by atoms with van der Waals surface area (Å²) in [6.07, 6.45) is 1.73. The quantitative estimate of drug-likeness (QED) is 0.533. The van der Waals surface area contributed by atoms with Gasteiger partial charge in [0.1, 0.15) is 6.61 Å². The van der Waals surface area contributed by atoms with Crippen molar-refractivity contribution in [1.82, 2.24) is 0 Å². The number of pyridine rings is 1. The Kier molecular flexibility index (Phi) is 5.77. The van der Waals surface area contributed by atoms with Crippen LogP contribution < -0.4 is 29.0 Å². The van der Waals surface area contributed by atoms with Crippen LogP contribution in [-0.2, 0) is 11.3 Å². The predicted octanol–water partition coefficient (Wildman–Crippen LogP) is -0.830. The lowest BCUT2D eigenvalue weighted by Gasteiger charge is -2.04. The first kappa shape index (κ1) is 14.6. The smallest absolute Gasteiger partial charge is 0.338 e. The molecule has 2 aromatic rings. The van der Waals surface area contributed by atoms with E-state index in [4.69, 9.17) is 4.74 Å². The maximum atomic E-state index is 11.7. The van der Waals surface area contributed by atoms with Gasteiger partial charge in [0.05, 0.1) is 5.56 Å². The first-order valence-corrected chi connectivity index (χ1v) is 5.45. The van der Waals surface area contributed by atoms with Gasteiger partial charge in [0.15, 0.2) is 11.9 Å². The maximum absolute atomic E-state index is 11.7. The topological polar surface area (TPSA) is 40.4 Å². The molecule has 0 aliphatic rings. The number of hydrogen-bond donors (Lipinski definition) is 0. The van der Waals surface area contributed by atoms with Crippen molar-refractivity contribution in [2.24, 2.45) is 0 Å². The number of rotatable bonds is 3. The third kappa shape index (κ3) is 4.10. The molecule has 0 radical (unpaired) electrons. The maximum Gasteiger partial charge on any atom is 0.338 e. The van der Waals surface area contributed by atoms with Crippen molar-refractivity contribution in [2.45, 2.75) is 13.5 Å². The summed E-state index contributed by atoms with van der Waals surface area (Å²) in [4.78, 5) is 14.7. The van der Waals surface area contributed by atoms with Crippen LogP contribution in [0.15, 0.2) is 48.7 Å². The van der Waals surface area contributed by atoms with Crippen molar-refractivity contribution < 1.29 is 38.5 Å². The number of halogens is 1. The second-order valence-electron chi connectivity index (χ2n) is 3.82. The molecule has 1 aromatic carbocycles. The number of H-pyrrole nitrogens is 1. The summed E-state index contributed by atoms with van der Waals surface area (Å²) >= 11 is 0. The van der Waals surface area contributed by atoms with Crippen molar-refractivity contribution in [3.05, 3.63) is 65.5 Å². The second kappa shape index (κ2) is 7.10. The minimum atomic E-state index is -0.300. The lowest BCUT2D eigenvalue weighted by molar-refractivity contribution is -0.387. The van der Waals surface area contributed by atoms with Gasteiger partial charge in [0.2, 0.25) is 0 Å². The van der Waals surface area contributed by atoms with Crippen molar-refractivity contribution in [1.29, 1.82) is 0 Å². The molecule has 2 rings (SSSR count). The molecule has 0 saturated carbocycles. The number of carbonyl (C=O) groups excluding carboxylic acids is 1. The van der Waals surface area contributed by atoms with Gasteiger partial charge in [-0.2, -0.15) is 0 Å². The molecule has 0 atom stereocenters. The van der Waals surface area contributed by atoms with Crippen LogP contribution in [-0.4, -0.2) is 5.97 Å². The van der Waals surface area contributed by atoms with Crippen LogP contribution in [0.1, 0.15) is 21.6 Å². The molecular weight excluding hydrogens is 341 g/mol. The summed E-state index contributed by atoms with van der Waals surface area (Å²) in [5.74, 6) is -0.300. The van der Waals surface area contributed by atoms with Crippen LogP contribution in [0, 0.1) is 6.92 Å². The van der Waals surface area contributed by atoms with Gasteiger partial charge in [-0.05, 0) is 5.56 Å². The Hall–Kier alpha value is -1.43. The number of aryl methyl sites for hydroxylation is 1. The van der Waals surface area contributed by atoms with Gasteiger partial charge in [0.25, 0.3) is 0 Å². The van der Waals surface area contributed by atoms with Crippen molar-refractivity contribution in [2.75, 3.05) is 0 Å². The number of carbonyl (C=O) groups is 1. The van der Waals surface area contributed by atoms with Gasteiger partial charge < -0.3 is 28.7 Å². The Labute approximate surface area is 123 Å². The van der Waals surface area contributed by atoms with Gasteiger partial charge in [-0.3, -0.25) is 0 Å². The Balaban J connectivity index is 0.00000162. The van der Waals surface area contributed by atoms with E-state index in [2.05, 4.69) is 4.98 Å². The summed E-state index contributed by atoms with van der Waals surface area (Å²) in [6, 6.07) is 13.1. The molecule has 0 aliphatic heterocycles. The van der Waals surface area contributed by atoms with E-state index in [1.54, 1.807) is 18.3 Å². The molecule has 4 heteroatoms. The third-order valence-electron chi connectivity index (χ3n) is 2.39. The highest BCUT2D eigenvalue weighted by Crippen LogP contribution is 2.05. The number of ether oxygens (including phenoxy) is 1. The lowest BCUT2D eigenvalue weighted by Crippen LogP contribution is -3.00. The van der Waals surface area contributed by atoms with E-state index >= 15 is 0 Å². The number of benzene rings is 1. The number of aromatic nitrogens is 1. The van der Waals surface area contributed by atoms with Crippen LogP contribution in [0.5, 0.6) is 0 Å². The molecule has 0 bridgehead atoms. The molecule has 94 valence electrons. The Bertz CT molecular complexity index is 514. The zero-order valence-corrected chi connectivity index (χ0v) is 12.2. The first-order valence-electron chi connectivity index (χ1n) is 5.45. The average Bonchev–Trinajstić information content (AvgIpc) is 2.37. The van der Waals surface area contributed by atoms with Crippen molar-refractivity contribution in [3.63, 3.8) is 0 Å². The predicted molar refractivity (Wildman–Crippen MR) is 63.3 cm³/mol. The fraction of sp³-hybridized carbons (Fsp3) is 0.143. The zero-order chi connectivity index (χ0) is 12.1. The van der Waals surface area contributed by atoms with Crippen LogP contribution in [0.25, 0.3) is 0 Å². The Morgan fingerprint density at radius 2 is 1.94 bits per heavy atom. The normalized spacial score (nSPS) is 9.39. The molecule has 0 fully saturated rings. The highest BCUT2D eigenvalue weighted by molar-refractivity contribution is 5.89. The van der Waals surface area contributed by atoms with Gasteiger partial charge in [0, 0.05) is 19.1 Å². The van der Waals surface area contributed by atoms with Gasteiger partial charge in [-0.25, -0.2) is 9.78 Å². The number of nitrogens with one attached hydrogen (secondary N) is 1. The number of esters is 1. The van der Waals surface area contributed by atoms with E-state index in [1.165, 1.54) is 0 Å². The average molecular weight is 355 g/mol. The molecule has 3 nitrogen and oxygen atoms in total. The summed E-state index contributed by atoms with van der Waals surface area (Å²) < 4.78 is 5.22. The third-order valence-corrected chi connectivity index (χ3v) is 2.39. The summed E-state index contributed by atoms with van der Waals surface area (Å²) in [7, 11) is 0. The van der Waals surface area contributed by atoms with Crippen LogP contribution in [0.2, 0.25) is 0 Å². The van der Waals surface area contributed by atoms with E-state index in [9.17, 15) is 4.79 Å². The molecule has 1 aromatic heterocycles. The molecule has 0 spiro atoms. The van der Waals surface area contributed by atoms with E-state index < -0.39 is 0 Å². The second-order valence-corrected chi connectivity index (χ2v) is 3.82. The van der Waals surface area contributed by atoms with E-state index in [1.807, 2.05) is 37.3 Å². The molecule has 1 N–H and O–H groups in total. The minimum absolute atomic E-state index is 0. The van der Waals surface area contributed by atoms with Gasteiger partial charge >= 0.3 is 5.97 Å². The Morgan fingerprint density at radius 3 is 2.61 bits per heavy atom. The number of hydrogen-bond acceptors (Lipinski definition) is 2. The van der Waals surface area contributed by atoms with Crippen molar-refractivity contribution >= 4 is 5.97 Å². The summed E-state index contributed by atoms with van der Waals surface area (Å²) in [5, 5.41) is 0. The SMILES string of the molecule is Cc1cc(C(=O)OCc2ccccc2)cc[nH+]1.[I-]. The number of aromatic amines is 1. The molecule has 0 aliphatic carbocycles. The molecule has 18 heavy (non-hydrogen) atoms. The van der Waals surface area contributed by atoms with E-state index in [0.717, 1.165) is 11.3 Å². The van der Waals surface area contributed by atoms with Crippen LogP contribution in [0.4, 0.5) is 0 Å². The molecule has 0 saturated heterocycles. The minimum Gasteiger partial charge on any atom is -1.00 e. The Morgan fingerprint density at radius 1 is 1.22 bits per heavy atom. The highest BCUT2D eigenvalue weighted by Gasteiger charge is 2.09. The van der Waals surface area contributed by atoms with Crippen LogP contribution >= 0.6 is 0 Å². The van der Waals surface area contributed by atoms with Crippen LogP contribution in [0.3, 0.4) is 0 Å². The monoisotopic (exact) mass is 355 g/mol. The summed E-state index contributed by atoms with van der Waals surface area (Å²) in [6.45, 7) is 2.20. The largest absolute Gasteiger partial charge is 1.00 e. The zero-order valence-electron chi connectivity index (χ0n) is 10.0. The molecule has 1 heterocycles. The highest BCUT2D eigenvalue weighted by atomic mass is 127. The molecule has 0 amide bonds.